The van der Waals surface area contributed by atoms with E-state index in [0.717, 1.165) is 18.4 Å². The van der Waals surface area contributed by atoms with Gasteiger partial charge >= 0.3 is 0 Å². The molecule has 2 aromatic carbocycles. The molecule has 0 aliphatic rings. The van der Waals surface area contributed by atoms with Gasteiger partial charge in [-0.05, 0) is 36.1 Å². The molecule has 1 N–H and O–H groups in total. The molecule has 0 bridgehead atoms. The van der Waals surface area contributed by atoms with Crippen LogP contribution in [0, 0.1) is 0 Å². The van der Waals surface area contributed by atoms with E-state index in [2.05, 4.69) is 36.5 Å². The molecule has 0 aliphatic carbocycles. The number of nitrogens with one attached hydrogen (secondary N) is 1. The van der Waals surface area contributed by atoms with Crippen LogP contribution in [0.2, 0.25) is 0 Å². The van der Waals surface area contributed by atoms with Gasteiger partial charge in [0.05, 0.1) is 0 Å². The van der Waals surface area contributed by atoms with Gasteiger partial charge < -0.3 is 9.88 Å². The van der Waals surface area contributed by atoms with Gasteiger partial charge in [-0.1, -0.05) is 67.6 Å². The molecule has 1 amide bonds. The molecule has 3 nitrogen and oxygen atoms in total. The Morgan fingerprint density at radius 1 is 0.846 bits per heavy atom. The topological polar surface area (TPSA) is 34.0 Å². The summed E-state index contributed by atoms with van der Waals surface area (Å²) in [5, 5.41) is 3.26. The lowest BCUT2D eigenvalue weighted by molar-refractivity contribution is -0.125. The van der Waals surface area contributed by atoms with Crippen LogP contribution >= 0.6 is 0 Å². The fraction of sp³-hybridized carbons (Fsp3) is 0.261. The van der Waals surface area contributed by atoms with E-state index in [4.69, 9.17) is 0 Å². The van der Waals surface area contributed by atoms with Crippen LogP contribution in [-0.4, -0.2) is 16.5 Å². The maximum atomic E-state index is 13.1. The van der Waals surface area contributed by atoms with Gasteiger partial charge in [-0.15, -0.1) is 0 Å². The van der Waals surface area contributed by atoms with E-state index in [1.807, 2.05) is 65.5 Å². The first kappa shape index (κ1) is 18.0. The molecular formula is C23H26N2O. The zero-order valence-corrected chi connectivity index (χ0v) is 15.2. The molecule has 2 atom stereocenters. The minimum Gasteiger partial charge on any atom is -0.351 e. The second-order valence-electron chi connectivity index (χ2n) is 6.64. The molecule has 3 heteroatoms. The van der Waals surface area contributed by atoms with Gasteiger partial charge in [-0.25, -0.2) is 0 Å². The largest absolute Gasteiger partial charge is 0.351 e. The number of amides is 1. The van der Waals surface area contributed by atoms with Gasteiger partial charge in [0.15, 0.2) is 0 Å². The highest BCUT2D eigenvalue weighted by molar-refractivity contribution is 5.81. The summed E-state index contributed by atoms with van der Waals surface area (Å²) in [7, 11) is 0. The standard InChI is InChI=1S/C23H26N2O/c1-2-21(17-19-11-5-3-6-12-19)24-23(26)22(25-15-9-10-16-25)18-20-13-7-4-8-14-20/h3-16,21-22H,2,17-18H2,1H3,(H,24,26)/t21-,22-/m0/s1. The normalized spacial score (nSPS) is 13.1. The van der Waals surface area contributed by atoms with Crippen molar-refractivity contribution in [3.8, 4) is 0 Å². The van der Waals surface area contributed by atoms with Crippen molar-refractivity contribution in [2.75, 3.05) is 0 Å². The molecule has 0 aliphatic heterocycles. The highest BCUT2D eigenvalue weighted by Gasteiger charge is 2.22. The van der Waals surface area contributed by atoms with E-state index in [9.17, 15) is 4.79 Å². The Morgan fingerprint density at radius 2 is 1.38 bits per heavy atom. The Kier molecular flexibility index (Phi) is 6.26. The van der Waals surface area contributed by atoms with Crippen LogP contribution in [0.4, 0.5) is 0 Å². The maximum absolute atomic E-state index is 13.1. The van der Waals surface area contributed by atoms with Crippen LogP contribution in [0.3, 0.4) is 0 Å². The predicted molar refractivity (Wildman–Crippen MR) is 106 cm³/mol. The van der Waals surface area contributed by atoms with E-state index >= 15 is 0 Å². The number of carbonyl (C=O) groups is 1. The molecule has 1 heterocycles. The van der Waals surface area contributed by atoms with Crippen molar-refractivity contribution in [2.45, 2.75) is 38.3 Å². The van der Waals surface area contributed by atoms with E-state index in [1.54, 1.807) is 0 Å². The third-order valence-corrected chi connectivity index (χ3v) is 4.73. The Hall–Kier alpha value is -2.81. The van der Waals surface area contributed by atoms with Gasteiger partial charge in [0.2, 0.25) is 5.91 Å². The molecule has 0 spiro atoms. The van der Waals surface area contributed by atoms with Gasteiger partial charge in [0.1, 0.15) is 6.04 Å². The number of nitrogens with zero attached hydrogens (tertiary/aromatic N) is 1. The molecule has 0 unspecified atom stereocenters. The molecule has 134 valence electrons. The molecule has 3 aromatic rings. The number of aromatic nitrogens is 1. The molecule has 0 radical (unpaired) electrons. The number of carbonyl (C=O) groups excluding carboxylic acids is 1. The number of benzene rings is 2. The van der Waals surface area contributed by atoms with Crippen LogP contribution in [-0.2, 0) is 17.6 Å². The Morgan fingerprint density at radius 3 is 1.92 bits per heavy atom. The fourth-order valence-corrected chi connectivity index (χ4v) is 3.22. The van der Waals surface area contributed by atoms with Gasteiger partial charge in [0.25, 0.3) is 0 Å². The highest BCUT2D eigenvalue weighted by Crippen LogP contribution is 2.16. The molecule has 0 saturated carbocycles. The maximum Gasteiger partial charge on any atom is 0.243 e. The smallest absolute Gasteiger partial charge is 0.243 e. The Labute approximate surface area is 155 Å². The van der Waals surface area contributed by atoms with Crippen molar-refractivity contribution in [3.05, 3.63) is 96.3 Å². The SMILES string of the molecule is CC[C@@H](Cc1ccccc1)NC(=O)[C@H](Cc1ccccc1)n1cccc1. The monoisotopic (exact) mass is 346 g/mol. The molecule has 3 rings (SSSR count). The molecule has 26 heavy (non-hydrogen) atoms. The van der Waals surface area contributed by atoms with Crippen LogP contribution in [0.25, 0.3) is 0 Å². The second kappa shape index (κ2) is 9.04. The van der Waals surface area contributed by atoms with Gasteiger partial charge in [0, 0.05) is 24.9 Å². The predicted octanol–water partition coefficient (Wildman–Crippen LogP) is 4.41. The van der Waals surface area contributed by atoms with Crippen molar-refractivity contribution < 1.29 is 4.79 Å². The van der Waals surface area contributed by atoms with Crippen molar-refractivity contribution in [2.24, 2.45) is 0 Å². The van der Waals surface area contributed by atoms with Gasteiger partial charge in [-0.3, -0.25) is 4.79 Å². The van der Waals surface area contributed by atoms with Crippen molar-refractivity contribution in [3.63, 3.8) is 0 Å². The minimum absolute atomic E-state index is 0.0767. The van der Waals surface area contributed by atoms with Crippen LogP contribution in [0.15, 0.2) is 85.2 Å². The number of rotatable bonds is 8. The third-order valence-electron chi connectivity index (χ3n) is 4.73. The van der Waals surface area contributed by atoms with Crippen molar-refractivity contribution >= 4 is 5.91 Å². The summed E-state index contributed by atoms with van der Waals surface area (Å²) in [5.74, 6) is 0.0767. The summed E-state index contributed by atoms with van der Waals surface area (Å²) in [6, 6.07) is 24.3. The first-order chi connectivity index (χ1) is 12.8. The summed E-state index contributed by atoms with van der Waals surface area (Å²) >= 11 is 0. The number of hydrogen-bond acceptors (Lipinski definition) is 1. The Balaban J connectivity index is 1.72. The van der Waals surface area contributed by atoms with Crippen LogP contribution in [0.1, 0.15) is 30.5 Å². The zero-order chi connectivity index (χ0) is 18.2. The average molecular weight is 346 g/mol. The van der Waals surface area contributed by atoms with Crippen molar-refractivity contribution in [1.29, 1.82) is 0 Å². The minimum atomic E-state index is -0.239. The summed E-state index contributed by atoms with van der Waals surface area (Å²) in [6.07, 6.45) is 6.37. The summed E-state index contributed by atoms with van der Waals surface area (Å²) in [6.45, 7) is 2.12. The first-order valence-electron chi connectivity index (χ1n) is 9.27. The molecule has 0 saturated heterocycles. The average Bonchev–Trinajstić information content (AvgIpc) is 3.21. The quantitative estimate of drug-likeness (QED) is 0.644. The molecular weight excluding hydrogens is 320 g/mol. The summed E-state index contributed by atoms with van der Waals surface area (Å²) in [4.78, 5) is 13.1. The van der Waals surface area contributed by atoms with E-state index in [0.29, 0.717) is 6.42 Å². The Bertz CT molecular complexity index is 782. The number of hydrogen-bond donors (Lipinski definition) is 1. The lowest BCUT2D eigenvalue weighted by Gasteiger charge is -2.23. The summed E-state index contributed by atoms with van der Waals surface area (Å²) < 4.78 is 2.00. The van der Waals surface area contributed by atoms with E-state index in [-0.39, 0.29) is 18.0 Å². The van der Waals surface area contributed by atoms with E-state index < -0.39 is 0 Å². The van der Waals surface area contributed by atoms with E-state index in [1.165, 1.54) is 5.56 Å². The summed E-state index contributed by atoms with van der Waals surface area (Å²) in [5.41, 5.74) is 2.41. The van der Waals surface area contributed by atoms with Crippen molar-refractivity contribution in [1.82, 2.24) is 9.88 Å². The van der Waals surface area contributed by atoms with Crippen LogP contribution < -0.4 is 5.32 Å². The fourth-order valence-electron chi connectivity index (χ4n) is 3.22. The van der Waals surface area contributed by atoms with Crippen LogP contribution in [0.5, 0.6) is 0 Å². The zero-order valence-electron chi connectivity index (χ0n) is 15.2. The lowest BCUT2D eigenvalue weighted by Crippen LogP contribution is -2.41. The second-order valence-corrected chi connectivity index (χ2v) is 6.64. The van der Waals surface area contributed by atoms with Gasteiger partial charge in [-0.2, -0.15) is 0 Å². The third kappa shape index (κ3) is 4.85. The highest BCUT2D eigenvalue weighted by atomic mass is 16.2. The molecule has 1 aromatic heterocycles. The lowest BCUT2D eigenvalue weighted by atomic mass is 10.0. The molecule has 0 fully saturated rings. The first-order valence-corrected chi connectivity index (χ1v) is 9.27.